The molecule has 3 unspecified atom stereocenters. The van der Waals surface area contributed by atoms with Gasteiger partial charge in [0, 0.05) is 35.9 Å². The van der Waals surface area contributed by atoms with E-state index in [1.54, 1.807) is 13.0 Å². The first-order valence-electron chi connectivity index (χ1n) is 8.88. The summed E-state index contributed by atoms with van der Waals surface area (Å²) in [5.41, 5.74) is 0.585. The monoisotopic (exact) mass is 395 g/mol. The number of likely N-dealkylation sites (tertiary alicyclic amines) is 1. The van der Waals surface area contributed by atoms with Crippen LogP contribution >= 0.6 is 0 Å². The molecular formula is C19H25NO6S. The van der Waals surface area contributed by atoms with Gasteiger partial charge in [-0.2, -0.15) is 0 Å². The summed E-state index contributed by atoms with van der Waals surface area (Å²) in [5.74, 6) is 0.881. The van der Waals surface area contributed by atoms with Crippen molar-refractivity contribution in [3.8, 4) is 11.5 Å². The van der Waals surface area contributed by atoms with E-state index in [9.17, 15) is 14.1 Å². The first-order valence-corrected chi connectivity index (χ1v) is 10.2. The molecular weight excluding hydrogens is 370 g/mol. The van der Waals surface area contributed by atoms with E-state index < -0.39 is 16.9 Å². The molecule has 0 saturated carbocycles. The van der Waals surface area contributed by atoms with Crippen molar-refractivity contribution in [1.82, 2.24) is 4.90 Å². The van der Waals surface area contributed by atoms with E-state index in [-0.39, 0.29) is 27.4 Å². The quantitative estimate of drug-likeness (QED) is 0.824. The largest absolute Gasteiger partial charge is 0.496 e. The number of fused-ring (bicyclic) bond motifs is 1. The second-order valence-corrected chi connectivity index (χ2v) is 8.36. The van der Waals surface area contributed by atoms with Crippen LogP contribution in [0, 0.1) is 0 Å². The van der Waals surface area contributed by atoms with Crippen LogP contribution in [0.2, 0.25) is 0 Å². The van der Waals surface area contributed by atoms with Gasteiger partial charge in [-0.25, -0.2) is 0 Å². The van der Waals surface area contributed by atoms with Gasteiger partial charge in [0.2, 0.25) is 0 Å². The molecule has 27 heavy (non-hydrogen) atoms. The molecule has 1 aromatic carbocycles. The molecule has 0 aliphatic carbocycles. The normalized spacial score (nSPS) is 22.0. The Morgan fingerprint density at radius 3 is 2.59 bits per heavy atom. The van der Waals surface area contributed by atoms with Gasteiger partial charge in [0.15, 0.2) is 16.1 Å². The van der Waals surface area contributed by atoms with Gasteiger partial charge in [0.25, 0.3) is 0 Å². The summed E-state index contributed by atoms with van der Waals surface area (Å²) in [4.78, 5) is 14.8. The van der Waals surface area contributed by atoms with Crippen LogP contribution in [-0.2, 0) is 10.8 Å². The zero-order valence-electron chi connectivity index (χ0n) is 16.0. The maximum Gasteiger partial charge on any atom is 0.197 e. The number of nitrogens with zero attached hydrogens (tertiary/aromatic N) is 1. The van der Waals surface area contributed by atoms with Crippen LogP contribution in [0.15, 0.2) is 26.4 Å². The zero-order valence-corrected chi connectivity index (χ0v) is 16.8. The molecule has 1 aliphatic heterocycles. The van der Waals surface area contributed by atoms with Crippen LogP contribution in [0.5, 0.6) is 11.5 Å². The Balaban J connectivity index is 2.34. The predicted molar refractivity (Wildman–Crippen MR) is 103 cm³/mol. The highest BCUT2D eigenvalue weighted by Gasteiger charge is 2.33. The Morgan fingerprint density at radius 1 is 1.30 bits per heavy atom. The minimum absolute atomic E-state index is 0.119. The van der Waals surface area contributed by atoms with Crippen LogP contribution in [0.1, 0.15) is 24.8 Å². The molecule has 1 saturated heterocycles. The van der Waals surface area contributed by atoms with E-state index in [2.05, 4.69) is 0 Å². The third kappa shape index (κ3) is 3.61. The van der Waals surface area contributed by atoms with Crippen molar-refractivity contribution in [2.45, 2.75) is 30.5 Å². The van der Waals surface area contributed by atoms with Crippen molar-refractivity contribution in [3.05, 3.63) is 27.9 Å². The fourth-order valence-electron chi connectivity index (χ4n) is 3.64. The molecule has 0 amide bonds. The number of rotatable bonds is 5. The van der Waals surface area contributed by atoms with Gasteiger partial charge < -0.3 is 23.9 Å². The van der Waals surface area contributed by atoms with E-state index in [0.717, 1.165) is 6.54 Å². The average Bonchev–Trinajstić information content (AvgIpc) is 2.66. The first kappa shape index (κ1) is 19.9. The van der Waals surface area contributed by atoms with E-state index in [1.807, 2.05) is 11.9 Å². The average molecular weight is 395 g/mol. The molecule has 1 fully saturated rings. The van der Waals surface area contributed by atoms with Crippen molar-refractivity contribution in [3.63, 3.8) is 0 Å². The lowest BCUT2D eigenvalue weighted by Crippen LogP contribution is -2.40. The van der Waals surface area contributed by atoms with Gasteiger partial charge in [0.1, 0.15) is 16.9 Å². The fraction of sp³-hybridized carbons (Fsp3) is 0.526. The molecule has 0 bridgehead atoms. The summed E-state index contributed by atoms with van der Waals surface area (Å²) in [5, 5.41) is 11.1. The van der Waals surface area contributed by atoms with Crippen molar-refractivity contribution in [2.24, 2.45) is 0 Å². The molecule has 1 aromatic heterocycles. The molecule has 2 aromatic rings. The molecule has 1 aliphatic rings. The zero-order chi connectivity index (χ0) is 19.7. The number of ether oxygens (including phenoxy) is 2. The number of aliphatic hydroxyl groups excluding tert-OH is 1. The standard InChI is InChI=1S/C19H25NO6S/c1-5-27(23)16-8-12(21)18-15(25-4)9-14(24-3)17(19(18)26-16)11-6-7-20(2)10-13(11)22/h8-9,11,13,22H,5-7,10H2,1-4H3. The highest BCUT2D eigenvalue weighted by molar-refractivity contribution is 7.84. The summed E-state index contributed by atoms with van der Waals surface area (Å²) >= 11 is 0. The number of hydrogen-bond acceptors (Lipinski definition) is 7. The molecule has 7 nitrogen and oxygen atoms in total. The predicted octanol–water partition coefficient (Wildman–Crippen LogP) is 1.72. The van der Waals surface area contributed by atoms with Crippen LogP contribution in [0.4, 0.5) is 0 Å². The Labute approximate surface area is 160 Å². The van der Waals surface area contributed by atoms with E-state index in [0.29, 0.717) is 35.8 Å². The fourth-order valence-corrected chi connectivity index (χ4v) is 4.34. The first-order chi connectivity index (χ1) is 12.9. The van der Waals surface area contributed by atoms with Crippen LogP contribution in [0.3, 0.4) is 0 Å². The lowest BCUT2D eigenvalue weighted by atomic mass is 9.85. The maximum absolute atomic E-state index is 12.8. The Morgan fingerprint density at radius 2 is 2.00 bits per heavy atom. The number of hydrogen-bond donors (Lipinski definition) is 1. The SMILES string of the molecule is CCS(=O)c1cc(=O)c2c(OC)cc(OC)c(C3CCN(C)CC3O)c2o1. The number of likely N-dealkylation sites (N-methyl/N-ethyl adjacent to an activating group) is 1. The van der Waals surface area contributed by atoms with Gasteiger partial charge in [-0.3, -0.25) is 9.00 Å². The highest BCUT2D eigenvalue weighted by atomic mass is 32.2. The Bertz CT molecular complexity index is 925. The Kier molecular flexibility index (Phi) is 5.88. The number of aliphatic hydroxyl groups is 1. The number of benzene rings is 1. The number of β-amino-alcohol motifs (C(OH)–C–C–N with tert-alkyl or cyclic N) is 1. The summed E-state index contributed by atoms with van der Waals surface area (Å²) in [7, 11) is 3.52. The highest BCUT2D eigenvalue weighted by Crippen LogP contribution is 2.42. The molecule has 0 radical (unpaired) electrons. The minimum Gasteiger partial charge on any atom is -0.496 e. The van der Waals surface area contributed by atoms with Gasteiger partial charge >= 0.3 is 0 Å². The third-order valence-corrected chi connectivity index (χ3v) is 6.20. The summed E-state index contributed by atoms with van der Waals surface area (Å²) < 4.78 is 29.2. The molecule has 148 valence electrons. The van der Waals surface area contributed by atoms with Crippen LogP contribution < -0.4 is 14.9 Å². The third-order valence-electron chi connectivity index (χ3n) is 5.03. The molecule has 8 heteroatoms. The van der Waals surface area contributed by atoms with Gasteiger partial charge in [-0.15, -0.1) is 0 Å². The number of piperidine rings is 1. The van der Waals surface area contributed by atoms with Gasteiger partial charge in [0.05, 0.1) is 31.1 Å². The van der Waals surface area contributed by atoms with Crippen LogP contribution in [-0.4, -0.2) is 60.4 Å². The Hall–Kier alpha value is -1.90. The maximum atomic E-state index is 12.8. The van der Waals surface area contributed by atoms with E-state index in [1.165, 1.54) is 20.3 Å². The lowest BCUT2D eigenvalue weighted by molar-refractivity contribution is 0.0630. The molecule has 3 atom stereocenters. The van der Waals surface area contributed by atoms with Gasteiger partial charge in [-0.05, 0) is 20.0 Å². The van der Waals surface area contributed by atoms with E-state index in [4.69, 9.17) is 13.9 Å². The van der Waals surface area contributed by atoms with Crippen molar-refractivity contribution in [1.29, 1.82) is 0 Å². The minimum atomic E-state index is -1.42. The molecule has 1 N–H and O–H groups in total. The van der Waals surface area contributed by atoms with E-state index >= 15 is 0 Å². The van der Waals surface area contributed by atoms with Crippen molar-refractivity contribution in [2.75, 3.05) is 40.1 Å². The summed E-state index contributed by atoms with van der Waals surface area (Å²) in [6.45, 7) is 3.06. The number of methoxy groups -OCH3 is 2. The topological polar surface area (TPSA) is 89.2 Å². The summed E-state index contributed by atoms with van der Waals surface area (Å²) in [6.07, 6.45) is 0.0418. The molecule has 3 rings (SSSR count). The smallest absolute Gasteiger partial charge is 0.197 e. The van der Waals surface area contributed by atoms with Gasteiger partial charge in [-0.1, -0.05) is 6.92 Å². The lowest BCUT2D eigenvalue weighted by Gasteiger charge is -2.34. The second-order valence-electron chi connectivity index (χ2n) is 6.69. The van der Waals surface area contributed by atoms with Crippen molar-refractivity contribution < 1.29 is 23.2 Å². The second kappa shape index (κ2) is 8.00. The van der Waals surface area contributed by atoms with Crippen LogP contribution in [0.25, 0.3) is 11.0 Å². The molecule has 0 spiro atoms. The van der Waals surface area contributed by atoms with Crippen molar-refractivity contribution >= 4 is 21.8 Å². The summed E-state index contributed by atoms with van der Waals surface area (Å²) in [6, 6.07) is 2.90. The molecule has 2 heterocycles.